The first-order valence-electron chi connectivity index (χ1n) is 6.95. The van der Waals surface area contributed by atoms with Gasteiger partial charge in [-0.1, -0.05) is 17.7 Å². The molecule has 0 radical (unpaired) electrons. The first-order valence-corrected chi connectivity index (χ1v) is 10.7. The van der Waals surface area contributed by atoms with Crippen LogP contribution in [0.4, 0.5) is 11.4 Å². The molecule has 0 spiro atoms. The molecule has 0 unspecified atom stereocenters. The number of ether oxygens (including phenoxy) is 1. The highest BCUT2D eigenvalue weighted by Crippen LogP contribution is 2.29. The van der Waals surface area contributed by atoms with E-state index < -0.39 is 20.0 Å². The van der Waals surface area contributed by atoms with E-state index >= 15 is 0 Å². The number of rotatable bonds is 6. The van der Waals surface area contributed by atoms with Crippen LogP contribution in [-0.4, -0.2) is 37.2 Å². The van der Waals surface area contributed by atoms with Crippen molar-refractivity contribution in [2.75, 3.05) is 29.4 Å². The molecule has 25 heavy (non-hydrogen) atoms. The summed E-state index contributed by atoms with van der Waals surface area (Å²) in [5, 5.41) is 0.242. The lowest BCUT2D eigenvalue weighted by Gasteiger charge is -2.18. The Hall–Kier alpha value is -1.97. The number of hydrogen-bond acceptors (Lipinski definition) is 5. The van der Waals surface area contributed by atoms with Crippen molar-refractivity contribution in [3.63, 3.8) is 0 Å². The number of methoxy groups -OCH3 is 1. The summed E-state index contributed by atoms with van der Waals surface area (Å²) in [6, 6.07) is 10.3. The maximum atomic E-state index is 12.6. The molecule has 0 aliphatic heterocycles. The van der Waals surface area contributed by atoms with Crippen LogP contribution in [0.3, 0.4) is 0 Å². The second-order valence-electron chi connectivity index (χ2n) is 5.18. The summed E-state index contributed by atoms with van der Waals surface area (Å²) >= 11 is 5.88. The topological polar surface area (TPSA) is 92.8 Å². The second-order valence-corrected chi connectivity index (χ2v) is 9.28. The Kier molecular flexibility index (Phi) is 5.50. The molecule has 0 aromatic heterocycles. The van der Waals surface area contributed by atoms with E-state index in [1.807, 2.05) is 0 Å². The van der Waals surface area contributed by atoms with Crippen LogP contribution in [0.15, 0.2) is 47.4 Å². The molecule has 0 atom stereocenters. The Labute approximate surface area is 152 Å². The maximum Gasteiger partial charge on any atom is 0.265 e. The van der Waals surface area contributed by atoms with E-state index in [0.29, 0.717) is 5.69 Å². The summed E-state index contributed by atoms with van der Waals surface area (Å²) in [6.45, 7) is 0. The van der Waals surface area contributed by atoms with Crippen LogP contribution in [-0.2, 0) is 20.0 Å². The van der Waals surface area contributed by atoms with Crippen molar-refractivity contribution in [2.24, 2.45) is 0 Å². The Morgan fingerprint density at radius 2 is 1.76 bits per heavy atom. The number of anilines is 2. The van der Waals surface area contributed by atoms with Gasteiger partial charge in [0.05, 0.1) is 24.7 Å². The van der Waals surface area contributed by atoms with Crippen LogP contribution in [0.5, 0.6) is 5.75 Å². The molecule has 0 fully saturated rings. The van der Waals surface area contributed by atoms with Gasteiger partial charge in [-0.15, -0.1) is 0 Å². The summed E-state index contributed by atoms with van der Waals surface area (Å²) in [5.74, 6) is 0.140. The van der Waals surface area contributed by atoms with E-state index in [0.717, 1.165) is 10.6 Å². The zero-order valence-corrected chi connectivity index (χ0v) is 16.1. The van der Waals surface area contributed by atoms with Crippen molar-refractivity contribution in [1.82, 2.24) is 0 Å². The fourth-order valence-corrected chi connectivity index (χ4v) is 4.01. The Morgan fingerprint density at radius 3 is 2.36 bits per heavy atom. The lowest BCUT2D eigenvalue weighted by Crippen LogP contribution is -2.25. The van der Waals surface area contributed by atoms with Crippen LogP contribution < -0.4 is 13.8 Å². The van der Waals surface area contributed by atoms with Crippen molar-refractivity contribution in [1.29, 1.82) is 0 Å². The highest BCUT2D eigenvalue weighted by atomic mass is 35.5. The highest BCUT2D eigenvalue weighted by Gasteiger charge is 2.21. The average molecular weight is 405 g/mol. The lowest BCUT2D eigenvalue weighted by atomic mass is 10.3. The first kappa shape index (κ1) is 19.4. The number of nitrogens with one attached hydrogen (secondary N) is 1. The van der Waals surface area contributed by atoms with Crippen molar-refractivity contribution in [3.8, 4) is 5.75 Å². The Morgan fingerprint density at radius 1 is 1.08 bits per heavy atom. The minimum Gasteiger partial charge on any atom is -0.495 e. The molecule has 0 aliphatic carbocycles. The highest BCUT2D eigenvalue weighted by molar-refractivity contribution is 7.93. The monoisotopic (exact) mass is 404 g/mol. The number of benzene rings is 2. The van der Waals surface area contributed by atoms with E-state index in [1.54, 1.807) is 12.1 Å². The smallest absolute Gasteiger partial charge is 0.265 e. The third-order valence-electron chi connectivity index (χ3n) is 3.37. The van der Waals surface area contributed by atoms with Crippen LogP contribution in [0.1, 0.15) is 0 Å². The van der Waals surface area contributed by atoms with Crippen LogP contribution in [0.25, 0.3) is 0 Å². The van der Waals surface area contributed by atoms with E-state index in [4.69, 9.17) is 16.3 Å². The molecule has 0 bridgehead atoms. The van der Waals surface area contributed by atoms with E-state index in [9.17, 15) is 16.8 Å². The summed E-state index contributed by atoms with van der Waals surface area (Å²) in [4.78, 5) is -0.121. The zero-order chi connectivity index (χ0) is 18.8. The number of halogens is 1. The summed E-state index contributed by atoms with van der Waals surface area (Å²) in [6.07, 6.45) is 1.06. The molecule has 0 amide bonds. The normalized spacial score (nSPS) is 11.8. The van der Waals surface area contributed by atoms with Gasteiger partial charge >= 0.3 is 0 Å². The fraction of sp³-hybridized carbons (Fsp3) is 0.200. The van der Waals surface area contributed by atoms with Gasteiger partial charge in [-0.2, -0.15) is 0 Å². The molecule has 2 rings (SSSR count). The molecule has 0 saturated heterocycles. The predicted molar refractivity (Wildman–Crippen MR) is 98.5 cm³/mol. The Bertz CT molecular complexity index is 991. The molecule has 2 aromatic rings. The number of nitrogens with zero attached hydrogens (tertiary/aromatic N) is 1. The number of hydrogen-bond donors (Lipinski definition) is 1. The predicted octanol–water partition coefficient (Wildman–Crippen LogP) is 2.55. The maximum absolute atomic E-state index is 12.6. The van der Waals surface area contributed by atoms with Gasteiger partial charge in [0.2, 0.25) is 10.0 Å². The summed E-state index contributed by atoms with van der Waals surface area (Å²) < 4.78 is 57.0. The minimum absolute atomic E-state index is 0.121. The average Bonchev–Trinajstić information content (AvgIpc) is 2.53. The molecule has 136 valence electrons. The van der Waals surface area contributed by atoms with E-state index in [-0.39, 0.29) is 21.4 Å². The van der Waals surface area contributed by atoms with Gasteiger partial charge < -0.3 is 4.74 Å². The molecular formula is C15H17ClN2O5S2. The van der Waals surface area contributed by atoms with Crippen LogP contribution in [0, 0.1) is 0 Å². The first-order chi connectivity index (χ1) is 11.5. The third kappa shape index (κ3) is 4.56. The minimum atomic E-state index is -3.98. The van der Waals surface area contributed by atoms with Gasteiger partial charge in [0.1, 0.15) is 10.6 Å². The van der Waals surface area contributed by atoms with Gasteiger partial charge in [-0.25, -0.2) is 16.8 Å². The van der Waals surface area contributed by atoms with E-state index in [1.165, 1.54) is 44.5 Å². The van der Waals surface area contributed by atoms with Crippen molar-refractivity contribution >= 4 is 43.0 Å². The molecule has 0 aliphatic rings. The molecule has 7 nitrogen and oxygen atoms in total. The summed E-state index contributed by atoms with van der Waals surface area (Å²) in [7, 11) is -4.72. The number of sulfonamides is 2. The second kappa shape index (κ2) is 7.11. The molecule has 1 N–H and O–H groups in total. The third-order valence-corrected chi connectivity index (χ3v) is 6.22. The molecule has 10 heteroatoms. The quantitative estimate of drug-likeness (QED) is 0.798. The lowest BCUT2D eigenvalue weighted by molar-refractivity contribution is 0.403. The van der Waals surface area contributed by atoms with Crippen LogP contribution >= 0.6 is 11.6 Å². The standard InChI is InChI=1S/C15H17ClN2O5S2/c1-18(24(3,19)20)13-6-4-5-12(10-13)17-25(21,22)15-9-11(16)7-8-14(15)23-2/h4-10,17H,1-3H3. The molecule has 0 saturated carbocycles. The van der Waals surface area contributed by atoms with Crippen molar-refractivity contribution in [3.05, 3.63) is 47.5 Å². The summed E-state index contributed by atoms with van der Waals surface area (Å²) in [5.41, 5.74) is 0.524. The molecule has 2 aromatic carbocycles. The zero-order valence-electron chi connectivity index (χ0n) is 13.7. The van der Waals surface area contributed by atoms with E-state index in [2.05, 4.69) is 4.72 Å². The SMILES string of the molecule is COc1ccc(Cl)cc1S(=O)(=O)Nc1cccc(N(C)S(C)(=O)=O)c1. The van der Waals surface area contributed by atoms with Crippen LogP contribution in [0.2, 0.25) is 5.02 Å². The fourth-order valence-electron chi connectivity index (χ4n) is 2.03. The van der Waals surface area contributed by atoms with Crippen molar-refractivity contribution in [2.45, 2.75) is 4.90 Å². The molecular weight excluding hydrogens is 388 g/mol. The van der Waals surface area contributed by atoms with Gasteiger partial charge in [0.25, 0.3) is 10.0 Å². The molecule has 0 heterocycles. The van der Waals surface area contributed by atoms with Gasteiger partial charge in [0.15, 0.2) is 0 Å². The largest absolute Gasteiger partial charge is 0.495 e. The van der Waals surface area contributed by atoms with Gasteiger partial charge in [-0.05, 0) is 36.4 Å². The van der Waals surface area contributed by atoms with Gasteiger partial charge in [-0.3, -0.25) is 9.03 Å². The van der Waals surface area contributed by atoms with Crippen molar-refractivity contribution < 1.29 is 21.6 Å². The Balaban J connectivity index is 2.41. The van der Waals surface area contributed by atoms with Gasteiger partial charge in [0, 0.05) is 12.1 Å².